The minimum Gasteiger partial charge on any atom is -0.361 e. The Morgan fingerprint density at radius 2 is 1.94 bits per heavy atom. The number of rotatable bonds is 3. The second-order valence-corrected chi connectivity index (χ2v) is 8.80. The van der Waals surface area contributed by atoms with Crippen molar-refractivity contribution in [1.29, 1.82) is 0 Å². The number of carbonyl (C=O) groups excluding carboxylic acids is 1. The molecule has 0 saturated heterocycles. The molecule has 2 N–H and O–H groups in total. The second-order valence-electron chi connectivity index (χ2n) is 7.44. The van der Waals surface area contributed by atoms with E-state index in [4.69, 9.17) is 11.6 Å². The highest BCUT2D eigenvalue weighted by atomic mass is 35.5. The van der Waals surface area contributed by atoms with Crippen LogP contribution in [0.5, 0.6) is 0 Å². The lowest BCUT2D eigenvalue weighted by molar-refractivity contribution is -0.173. The molecule has 1 aliphatic rings. The van der Waals surface area contributed by atoms with Crippen molar-refractivity contribution >= 4 is 51.1 Å². The van der Waals surface area contributed by atoms with Crippen molar-refractivity contribution in [3.05, 3.63) is 75.6 Å². The molecule has 1 aliphatic heterocycles. The van der Waals surface area contributed by atoms with Gasteiger partial charge in [-0.1, -0.05) is 54.1 Å². The molecule has 10 heteroatoms. The number of alkyl halides is 3. The van der Waals surface area contributed by atoms with Gasteiger partial charge < -0.3 is 10.6 Å². The van der Waals surface area contributed by atoms with E-state index in [9.17, 15) is 18.0 Å². The van der Waals surface area contributed by atoms with Crippen molar-refractivity contribution in [2.24, 2.45) is 0 Å². The van der Waals surface area contributed by atoms with Crippen LogP contribution in [0.1, 0.15) is 33.9 Å². The maximum atomic E-state index is 13.9. The van der Waals surface area contributed by atoms with Crippen molar-refractivity contribution in [2.75, 3.05) is 10.6 Å². The number of aromatic nitrogens is 2. The molecule has 0 aliphatic carbocycles. The number of thiophene rings is 1. The van der Waals surface area contributed by atoms with Gasteiger partial charge in [0, 0.05) is 22.4 Å². The summed E-state index contributed by atoms with van der Waals surface area (Å²) in [5.41, 5.74) is 0.259. The summed E-state index contributed by atoms with van der Waals surface area (Å²) in [5, 5.41) is 13.1. The normalized spacial score (nSPS) is 18.2. The number of carbonyl (C=O) groups is 1. The summed E-state index contributed by atoms with van der Waals surface area (Å²) >= 11 is 7.75. The van der Waals surface area contributed by atoms with Gasteiger partial charge in [0.2, 0.25) is 0 Å². The molecule has 0 unspecified atom stereocenters. The molecule has 0 saturated carbocycles. The van der Waals surface area contributed by atoms with Crippen molar-refractivity contribution < 1.29 is 18.0 Å². The van der Waals surface area contributed by atoms with E-state index in [0.717, 1.165) is 20.3 Å². The number of hydrogen-bond donors (Lipinski definition) is 2. The smallest absolute Gasteiger partial charge is 0.361 e. The number of benzene rings is 2. The van der Waals surface area contributed by atoms with Crippen molar-refractivity contribution in [3.8, 4) is 0 Å². The van der Waals surface area contributed by atoms with Crippen LogP contribution in [0.25, 0.3) is 10.8 Å². The van der Waals surface area contributed by atoms with E-state index in [-0.39, 0.29) is 23.0 Å². The molecular weight excluding hydrogens is 461 g/mol. The second kappa shape index (κ2) is 7.83. The number of anilines is 2. The minimum absolute atomic E-state index is 0.0123. The third-order valence-electron chi connectivity index (χ3n) is 5.44. The van der Waals surface area contributed by atoms with E-state index in [1.165, 1.54) is 11.3 Å². The first-order valence-electron chi connectivity index (χ1n) is 9.76. The van der Waals surface area contributed by atoms with Gasteiger partial charge in [-0.05, 0) is 22.9 Å². The largest absolute Gasteiger partial charge is 0.410 e. The Balaban J connectivity index is 1.52. The Morgan fingerprint density at radius 3 is 2.69 bits per heavy atom. The highest BCUT2D eigenvalue weighted by Gasteiger charge is 2.48. The summed E-state index contributed by atoms with van der Waals surface area (Å²) in [7, 11) is 0. The van der Waals surface area contributed by atoms with Crippen LogP contribution < -0.4 is 10.6 Å². The Bertz CT molecular complexity index is 1300. The van der Waals surface area contributed by atoms with Crippen LogP contribution in [-0.4, -0.2) is 21.9 Å². The predicted octanol–water partition coefficient (Wildman–Crippen LogP) is 6.66. The van der Waals surface area contributed by atoms with Crippen molar-refractivity contribution in [1.82, 2.24) is 9.78 Å². The fourth-order valence-corrected chi connectivity index (χ4v) is 4.98. The van der Waals surface area contributed by atoms with Crippen LogP contribution in [-0.2, 0) is 0 Å². The maximum absolute atomic E-state index is 13.9. The van der Waals surface area contributed by atoms with Gasteiger partial charge in [0.05, 0.1) is 6.04 Å². The van der Waals surface area contributed by atoms with Crippen LogP contribution in [0, 0.1) is 0 Å². The summed E-state index contributed by atoms with van der Waals surface area (Å²) in [5.74, 6) is -0.689. The number of nitrogens with zero attached hydrogens (tertiary/aromatic N) is 2. The molecule has 3 heterocycles. The van der Waals surface area contributed by atoms with E-state index < -0.39 is 24.2 Å². The average molecular weight is 477 g/mol. The highest BCUT2D eigenvalue weighted by molar-refractivity contribution is 7.10. The molecular formula is C22H16ClF3N4OS. The summed E-state index contributed by atoms with van der Waals surface area (Å²) in [6.45, 7) is 0. The Labute approximate surface area is 189 Å². The Hall–Kier alpha value is -3.04. The zero-order valence-electron chi connectivity index (χ0n) is 16.4. The molecule has 164 valence electrons. The molecule has 5 rings (SSSR count). The van der Waals surface area contributed by atoms with Gasteiger partial charge in [-0.2, -0.15) is 18.3 Å². The standard InChI is InChI=1S/C22H16ClF3N4OS/c23-18-19(21(31)28-14-8-3-6-12-5-1-2-7-13(12)14)29-30-17(22(24,25)26)11-15(27-20(18)30)16-9-4-10-32-16/h1-10,15,17,27H,11H2,(H,28,31)/t15-,17+/m1/s1. The van der Waals surface area contributed by atoms with E-state index in [2.05, 4.69) is 15.7 Å². The molecule has 0 fully saturated rings. The monoisotopic (exact) mass is 476 g/mol. The van der Waals surface area contributed by atoms with Gasteiger partial charge in [0.25, 0.3) is 5.91 Å². The zero-order chi connectivity index (χ0) is 22.5. The number of hydrogen-bond acceptors (Lipinski definition) is 4. The van der Waals surface area contributed by atoms with Crippen molar-refractivity contribution in [2.45, 2.75) is 24.7 Å². The Morgan fingerprint density at radius 1 is 1.16 bits per heavy atom. The third kappa shape index (κ3) is 3.61. The van der Waals surface area contributed by atoms with Gasteiger partial charge in [-0.15, -0.1) is 11.3 Å². The fourth-order valence-electron chi connectivity index (χ4n) is 3.93. The van der Waals surface area contributed by atoms with Crippen molar-refractivity contribution in [3.63, 3.8) is 0 Å². The number of fused-ring (bicyclic) bond motifs is 2. The predicted molar refractivity (Wildman–Crippen MR) is 120 cm³/mol. The average Bonchev–Trinajstić information content (AvgIpc) is 3.41. The van der Waals surface area contributed by atoms with Gasteiger partial charge in [0.15, 0.2) is 11.7 Å². The summed E-state index contributed by atoms with van der Waals surface area (Å²) in [6, 6.07) is 13.9. The van der Waals surface area contributed by atoms with Gasteiger partial charge >= 0.3 is 6.18 Å². The van der Waals surface area contributed by atoms with Crippen LogP contribution in [0.3, 0.4) is 0 Å². The third-order valence-corrected chi connectivity index (χ3v) is 6.78. The molecule has 2 aromatic heterocycles. The Kier molecular flexibility index (Phi) is 5.10. The minimum atomic E-state index is -4.55. The SMILES string of the molecule is O=C(Nc1cccc2ccccc12)c1nn2c(c1Cl)N[C@@H](c1cccs1)C[C@H]2C(F)(F)F. The van der Waals surface area contributed by atoms with Gasteiger partial charge in [0.1, 0.15) is 10.8 Å². The van der Waals surface area contributed by atoms with Crippen LogP contribution in [0.2, 0.25) is 5.02 Å². The lowest BCUT2D eigenvalue weighted by Crippen LogP contribution is -2.35. The van der Waals surface area contributed by atoms with Crippen LogP contribution in [0.4, 0.5) is 24.7 Å². The van der Waals surface area contributed by atoms with Gasteiger partial charge in [-0.25, -0.2) is 4.68 Å². The molecule has 0 radical (unpaired) electrons. The van der Waals surface area contributed by atoms with Gasteiger partial charge in [-0.3, -0.25) is 4.79 Å². The quantitative estimate of drug-likeness (QED) is 0.347. The molecule has 1 amide bonds. The van der Waals surface area contributed by atoms with Crippen LogP contribution >= 0.6 is 22.9 Å². The summed E-state index contributed by atoms with van der Waals surface area (Å²) in [4.78, 5) is 13.7. The molecule has 0 bridgehead atoms. The summed E-state index contributed by atoms with van der Waals surface area (Å²) < 4.78 is 42.4. The molecule has 5 nitrogen and oxygen atoms in total. The van der Waals surface area contributed by atoms with E-state index >= 15 is 0 Å². The maximum Gasteiger partial charge on any atom is 0.410 e. The highest BCUT2D eigenvalue weighted by Crippen LogP contribution is 2.46. The first-order valence-corrected chi connectivity index (χ1v) is 11.0. The molecule has 2 atom stereocenters. The molecule has 4 aromatic rings. The van der Waals surface area contributed by atoms with E-state index in [1.54, 1.807) is 29.6 Å². The lowest BCUT2D eigenvalue weighted by Gasteiger charge is -2.32. The van der Waals surface area contributed by atoms with Crippen LogP contribution in [0.15, 0.2) is 60.0 Å². The first-order chi connectivity index (χ1) is 15.3. The van der Waals surface area contributed by atoms with E-state index in [1.807, 2.05) is 30.3 Å². The zero-order valence-corrected chi connectivity index (χ0v) is 17.9. The fraction of sp³-hybridized carbons (Fsp3) is 0.182. The number of nitrogens with one attached hydrogen (secondary N) is 2. The molecule has 32 heavy (non-hydrogen) atoms. The number of halogens is 4. The molecule has 0 spiro atoms. The topological polar surface area (TPSA) is 59.0 Å². The van der Waals surface area contributed by atoms with E-state index in [0.29, 0.717) is 5.69 Å². The first kappa shape index (κ1) is 20.8. The lowest BCUT2D eigenvalue weighted by atomic mass is 10.0. The molecule has 2 aromatic carbocycles. The number of amides is 1. The summed E-state index contributed by atoms with van der Waals surface area (Å²) in [6.07, 6.45) is -4.80.